The molecule has 0 radical (unpaired) electrons. The lowest BCUT2D eigenvalue weighted by Crippen LogP contribution is -2.33. The first-order valence-corrected chi connectivity index (χ1v) is 12.9. The molecule has 1 aliphatic heterocycles. The smallest absolute Gasteiger partial charge is 0.324 e. The molecule has 2 aliphatic rings. The zero-order valence-electron chi connectivity index (χ0n) is 17.6. The Morgan fingerprint density at radius 1 is 1.12 bits per heavy atom. The zero-order valence-corrected chi connectivity index (χ0v) is 20.0. The molecule has 3 rings (SSSR count). The van der Waals surface area contributed by atoms with Crippen LogP contribution in [0.2, 0.25) is 5.02 Å². The average molecular weight is 501 g/mol. The van der Waals surface area contributed by atoms with Gasteiger partial charge in [0.2, 0.25) is 0 Å². The molecule has 1 aromatic carbocycles. The lowest BCUT2D eigenvalue weighted by molar-refractivity contribution is -0.156. The van der Waals surface area contributed by atoms with Crippen LogP contribution in [0.3, 0.4) is 0 Å². The molecule has 172 valence electrons. The molecule has 0 saturated heterocycles. The number of ketones is 2. The number of ether oxygens (including phenoxy) is 2. The Labute approximate surface area is 194 Å². The summed E-state index contributed by atoms with van der Waals surface area (Å²) in [5, 5.41) is -0.0504. The van der Waals surface area contributed by atoms with Gasteiger partial charge in [0, 0.05) is 18.4 Å². The molecule has 1 unspecified atom stereocenters. The third-order valence-electron chi connectivity index (χ3n) is 5.63. The van der Waals surface area contributed by atoms with Gasteiger partial charge in [-0.05, 0) is 42.4 Å². The van der Waals surface area contributed by atoms with Crippen molar-refractivity contribution in [1.82, 2.24) is 0 Å². The fourth-order valence-electron chi connectivity index (χ4n) is 4.04. The van der Waals surface area contributed by atoms with Crippen molar-refractivity contribution >= 4 is 56.7 Å². The maximum atomic E-state index is 13.5. The molecule has 1 aliphatic carbocycles. The van der Waals surface area contributed by atoms with E-state index in [0.29, 0.717) is 12.0 Å². The maximum absolute atomic E-state index is 13.5. The first-order valence-electron chi connectivity index (χ1n) is 9.64. The number of rotatable bonds is 6. The van der Waals surface area contributed by atoms with Crippen LogP contribution < -0.4 is 0 Å². The first kappa shape index (κ1) is 24.5. The zero-order chi connectivity index (χ0) is 23.8. The third kappa shape index (κ3) is 3.99. The number of allylic oxidation sites excluding steroid dienone is 1. The Morgan fingerprint density at radius 3 is 2.31 bits per heavy atom. The van der Waals surface area contributed by atoms with Crippen LogP contribution in [0.15, 0.2) is 28.2 Å². The molecule has 0 spiro atoms. The molecule has 0 amide bonds. The minimum Gasteiger partial charge on any atom is -0.468 e. The Bertz CT molecular complexity index is 1140. The molecule has 0 saturated carbocycles. The van der Waals surface area contributed by atoms with Crippen molar-refractivity contribution in [3.05, 3.63) is 39.4 Å². The Kier molecular flexibility index (Phi) is 7.16. The maximum Gasteiger partial charge on any atom is 0.324 e. The predicted molar refractivity (Wildman–Crippen MR) is 117 cm³/mol. The van der Waals surface area contributed by atoms with Crippen molar-refractivity contribution in [3.63, 3.8) is 0 Å². The van der Waals surface area contributed by atoms with Crippen LogP contribution in [0.1, 0.15) is 35.2 Å². The normalized spacial score (nSPS) is 19.7. The number of carbonyl (C=O) groups is 4. The van der Waals surface area contributed by atoms with Crippen molar-refractivity contribution in [2.45, 2.75) is 35.2 Å². The highest BCUT2D eigenvalue weighted by Gasteiger charge is 2.42. The summed E-state index contributed by atoms with van der Waals surface area (Å²) in [5.74, 6) is -4.73. The third-order valence-corrected chi connectivity index (χ3v) is 9.95. The van der Waals surface area contributed by atoms with Gasteiger partial charge < -0.3 is 9.47 Å². The number of methoxy groups -OCH3 is 2. The van der Waals surface area contributed by atoms with Crippen LogP contribution in [-0.2, 0) is 40.1 Å². The van der Waals surface area contributed by atoms with E-state index >= 15 is 0 Å². The van der Waals surface area contributed by atoms with E-state index in [0.717, 1.165) is 14.2 Å². The predicted octanol–water partition coefficient (Wildman–Crippen LogP) is 2.55. The summed E-state index contributed by atoms with van der Waals surface area (Å²) in [4.78, 5) is 50.9. The minimum atomic E-state index is -3.58. The van der Waals surface area contributed by atoms with Gasteiger partial charge in [0.1, 0.15) is 4.58 Å². The minimum absolute atomic E-state index is 0.0242. The number of Topliss-reactive ketones (excluding diaryl/α,β-unsaturated/α-hetero) is 2. The van der Waals surface area contributed by atoms with Gasteiger partial charge >= 0.3 is 11.9 Å². The lowest BCUT2D eigenvalue weighted by Gasteiger charge is -2.23. The summed E-state index contributed by atoms with van der Waals surface area (Å²) < 4.78 is 33.9. The topological polar surface area (TPSA) is 121 Å². The van der Waals surface area contributed by atoms with Crippen molar-refractivity contribution in [2.24, 2.45) is 5.92 Å². The molecule has 32 heavy (non-hydrogen) atoms. The van der Waals surface area contributed by atoms with Crippen LogP contribution >= 0.6 is 23.4 Å². The summed E-state index contributed by atoms with van der Waals surface area (Å²) in [7, 11) is -1.41. The fraction of sp³-hybridized carbons (Fsp3) is 0.429. The second kappa shape index (κ2) is 9.36. The second-order valence-corrected chi connectivity index (χ2v) is 11.1. The van der Waals surface area contributed by atoms with E-state index in [1.807, 2.05) is 0 Å². The van der Waals surface area contributed by atoms with E-state index in [-0.39, 0.29) is 45.9 Å². The van der Waals surface area contributed by atoms with Gasteiger partial charge in [-0.25, -0.2) is 8.42 Å². The number of halogens is 1. The van der Waals surface area contributed by atoms with Gasteiger partial charge in [-0.15, -0.1) is 11.8 Å². The van der Waals surface area contributed by atoms with Crippen LogP contribution in [-0.4, -0.2) is 57.0 Å². The van der Waals surface area contributed by atoms with Crippen LogP contribution in [0, 0.1) is 5.92 Å². The number of hydrogen-bond acceptors (Lipinski definition) is 9. The largest absolute Gasteiger partial charge is 0.468 e. The molecule has 8 nitrogen and oxygen atoms in total. The highest BCUT2D eigenvalue weighted by Crippen LogP contribution is 2.42. The first-order chi connectivity index (χ1) is 15.1. The van der Waals surface area contributed by atoms with Gasteiger partial charge in [0.15, 0.2) is 27.3 Å². The number of hydrogen-bond donors (Lipinski definition) is 0. The summed E-state index contributed by atoms with van der Waals surface area (Å²) in [6, 6.07) is 2.58. The summed E-state index contributed by atoms with van der Waals surface area (Å²) in [5.41, 5.74) is -0.0179. The van der Waals surface area contributed by atoms with Crippen molar-refractivity contribution in [2.75, 3.05) is 20.5 Å². The Hall–Kier alpha value is -2.17. The van der Waals surface area contributed by atoms with Gasteiger partial charge in [0.05, 0.1) is 29.7 Å². The van der Waals surface area contributed by atoms with Crippen molar-refractivity contribution < 1.29 is 37.1 Å². The number of benzene rings is 1. The standard InChI is InChI=1S/C21H21ClO8S2/c1-29-20(25)17(21(26)30-2)10-5-4-6-13(23)16(10)19(24)11-7-8-14-12(18(11)22)9-15(31-3)32(14,27)28/h7-8,15,17H,4-6,9H2,1-3H3. The van der Waals surface area contributed by atoms with Crippen molar-refractivity contribution in [1.29, 1.82) is 0 Å². The SMILES string of the molecule is COC(=O)C(C(=O)OC)C1=C(C(=O)c2ccc3c(c2Cl)CC(SC)S3(=O)=O)C(=O)CCC1. The number of sulfone groups is 1. The van der Waals surface area contributed by atoms with E-state index in [1.165, 1.54) is 23.9 Å². The molecular weight excluding hydrogens is 480 g/mol. The van der Waals surface area contributed by atoms with Crippen molar-refractivity contribution in [3.8, 4) is 0 Å². The van der Waals surface area contributed by atoms with Gasteiger partial charge in [0.25, 0.3) is 0 Å². The van der Waals surface area contributed by atoms with E-state index < -0.39 is 43.8 Å². The summed E-state index contributed by atoms with van der Waals surface area (Å²) >= 11 is 7.63. The van der Waals surface area contributed by atoms with E-state index in [1.54, 1.807) is 6.26 Å². The molecule has 0 fully saturated rings. The highest BCUT2D eigenvalue weighted by atomic mass is 35.5. The average Bonchev–Trinajstić information content (AvgIpc) is 3.04. The Morgan fingerprint density at radius 2 is 1.75 bits per heavy atom. The van der Waals surface area contributed by atoms with Gasteiger partial charge in [-0.1, -0.05) is 11.6 Å². The number of thioether (sulfide) groups is 1. The number of esters is 2. The molecular formula is C21H21ClO8S2. The highest BCUT2D eigenvalue weighted by molar-refractivity contribution is 8.13. The van der Waals surface area contributed by atoms with Crippen LogP contribution in [0.5, 0.6) is 0 Å². The van der Waals surface area contributed by atoms with Crippen LogP contribution in [0.4, 0.5) is 0 Å². The molecule has 1 atom stereocenters. The number of carbonyl (C=O) groups excluding carboxylic acids is 4. The van der Waals surface area contributed by atoms with Gasteiger partial charge in [-0.3, -0.25) is 19.2 Å². The molecule has 0 aromatic heterocycles. The fourth-order valence-corrected chi connectivity index (χ4v) is 7.54. The van der Waals surface area contributed by atoms with E-state index in [9.17, 15) is 27.6 Å². The molecule has 0 N–H and O–H groups in total. The monoisotopic (exact) mass is 500 g/mol. The number of fused-ring (bicyclic) bond motifs is 1. The summed E-state index contributed by atoms with van der Waals surface area (Å²) in [6.45, 7) is 0. The Balaban J connectivity index is 2.17. The quantitative estimate of drug-likeness (QED) is 0.251. The van der Waals surface area contributed by atoms with E-state index in [2.05, 4.69) is 0 Å². The van der Waals surface area contributed by atoms with Crippen LogP contribution in [0.25, 0.3) is 0 Å². The second-order valence-electron chi connectivity index (χ2n) is 7.30. The molecule has 1 aromatic rings. The summed E-state index contributed by atoms with van der Waals surface area (Å²) in [6.07, 6.45) is 2.36. The lowest BCUT2D eigenvalue weighted by atomic mass is 9.80. The molecule has 11 heteroatoms. The molecule has 1 heterocycles. The van der Waals surface area contributed by atoms with Gasteiger partial charge in [-0.2, -0.15) is 0 Å². The van der Waals surface area contributed by atoms with E-state index in [4.69, 9.17) is 21.1 Å². The molecule has 0 bridgehead atoms.